The molecule has 1 unspecified atom stereocenters. The van der Waals surface area contributed by atoms with Crippen molar-refractivity contribution < 1.29 is 14.4 Å². The fourth-order valence-corrected chi connectivity index (χ4v) is 1.86. The van der Waals surface area contributed by atoms with Crippen LogP contribution in [0.2, 0.25) is 0 Å². The predicted octanol–water partition coefficient (Wildman–Crippen LogP) is 1.74. The fraction of sp³-hybridized carbons (Fsp3) is 0.400. The van der Waals surface area contributed by atoms with E-state index in [-0.39, 0.29) is 24.0 Å². The van der Waals surface area contributed by atoms with Gasteiger partial charge in [-0.1, -0.05) is 44.2 Å². The Labute approximate surface area is 118 Å². The smallest absolute Gasteiger partial charge is 0.324 e. The van der Waals surface area contributed by atoms with E-state index in [0.717, 1.165) is 6.21 Å². The van der Waals surface area contributed by atoms with Crippen LogP contribution in [-0.2, 0) is 4.79 Å². The van der Waals surface area contributed by atoms with Crippen LogP contribution >= 0.6 is 0 Å². The molecule has 0 bridgehead atoms. The van der Waals surface area contributed by atoms with Gasteiger partial charge in [-0.05, 0) is 12.3 Å². The number of carbonyl (C=O) groups excluding carboxylic acids is 2. The molecule has 0 amide bonds. The zero-order valence-electron chi connectivity index (χ0n) is 11.7. The number of Topliss-reactive ketones (excluding diaryl/α,β-unsaturated/α-hetero) is 2. The lowest BCUT2D eigenvalue weighted by atomic mass is 10.00. The molecular formula is C15H19N3O2. The Kier molecular flexibility index (Phi) is 6.50. The van der Waals surface area contributed by atoms with Crippen LogP contribution in [0.5, 0.6) is 0 Å². The van der Waals surface area contributed by atoms with Gasteiger partial charge in [-0.25, -0.2) is 0 Å². The number of hydrogen-bond donors (Lipinski definition) is 1. The highest BCUT2D eigenvalue weighted by Crippen LogP contribution is 2.06. The monoisotopic (exact) mass is 273 g/mol. The maximum absolute atomic E-state index is 12.0. The molecule has 5 heteroatoms. The van der Waals surface area contributed by atoms with E-state index in [1.165, 1.54) is 0 Å². The second kappa shape index (κ2) is 8.15. The summed E-state index contributed by atoms with van der Waals surface area (Å²) < 4.78 is 0. The van der Waals surface area contributed by atoms with Crippen molar-refractivity contribution in [2.75, 3.05) is 6.54 Å². The minimum Gasteiger partial charge on any atom is -0.361 e. The van der Waals surface area contributed by atoms with E-state index in [2.05, 4.69) is 10.1 Å². The SMILES string of the molecule is CC(C)CC(NCC(=O)c1ccccc1)C(=O)C=[N+]=[N-]. The number of ketones is 2. The third-order valence-electron chi connectivity index (χ3n) is 2.84. The standard InChI is InChI=1S/C15H19N3O2/c1-11(2)8-13(15(20)10-18-16)17-9-14(19)12-6-4-3-5-7-12/h3-7,10-11,13,17H,8-9H2,1-2H3. The highest BCUT2D eigenvalue weighted by atomic mass is 16.1. The summed E-state index contributed by atoms with van der Waals surface area (Å²) in [6.45, 7) is 4.04. The van der Waals surface area contributed by atoms with Crippen LogP contribution in [-0.4, -0.2) is 35.2 Å². The van der Waals surface area contributed by atoms with Gasteiger partial charge in [0.15, 0.2) is 5.78 Å². The summed E-state index contributed by atoms with van der Waals surface area (Å²) in [6.07, 6.45) is 1.44. The van der Waals surface area contributed by atoms with Gasteiger partial charge in [-0.15, -0.1) is 0 Å². The van der Waals surface area contributed by atoms with Crippen molar-refractivity contribution in [2.45, 2.75) is 26.3 Å². The first-order valence-corrected chi connectivity index (χ1v) is 6.57. The Hall–Kier alpha value is -2.10. The summed E-state index contributed by atoms with van der Waals surface area (Å²) in [7, 11) is 0. The first-order chi connectivity index (χ1) is 9.54. The van der Waals surface area contributed by atoms with E-state index in [1.54, 1.807) is 24.3 Å². The van der Waals surface area contributed by atoms with E-state index in [0.29, 0.717) is 12.0 Å². The molecule has 1 N–H and O–H groups in total. The summed E-state index contributed by atoms with van der Waals surface area (Å²) in [6, 6.07) is 8.38. The third-order valence-corrected chi connectivity index (χ3v) is 2.84. The normalized spacial score (nSPS) is 11.8. The first-order valence-electron chi connectivity index (χ1n) is 6.57. The van der Waals surface area contributed by atoms with Crippen molar-refractivity contribution in [3.8, 4) is 0 Å². The zero-order valence-corrected chi connectivity index (χ0v) is 11.7. The molecule has 106 valence electrons. The number of hydrogen-bond acceptors (Lipinski definition) is 3. The molecule has 5 nitrogen and oxygen atoms in total. The van der Waals surface area contributed by atoms with E-state index >= 15 is 0 Å². The number of benzene rings is 1. The molecule has 0 saturated carbocycles. The second-order valence-corrected chi connectivity index (χ2v) is 5.00. The summed E-state index contributed by atoms with van der Waals surface area (Å²) in [5.41, 5.74) is 9.03. The highest BCUT2D eigenvalue weighted by molar-refractivity contribution is 6.27. The largest absolute Gasteiger partial charge is 0.361 e. The maximum atomic E-state index is 12.0. The molecule has 20 heavy (non-hydrogen) atoms. The highest BCUT2D eigenvalue weighted by Gasteiger charge is 2.21. The molecule has 0 spiro atoms. The molecule has 1 aromatic rings. The minimum atomic E-state index is -0.515. The van der Waals surface area contributed by atoms with Crippen LogP contribution in [0.1, 0.15) is 30.6 Å². The summed E-state index contributed by atoms with van der Waals surface area (Å²) in [4.78, 5) is 26.5. The predicted molar refractivity (Wildman–Crippen MR) is 76.7 cm³/mol. The Morgan fingerprint density at radius 3 is 2.50 bits per heavy atom. The van der Waals surface area contributed by atoms with Crippen molar-refractivity contribution in [1.29, 1.82) is 0 Å². The van der Waals surface area contributed by atoms with E-state index in [9.17, 15) is 9.59 Å². The number of nitrogens with one attached hydrogen (secondary N) is 1. The van der Waals surface area contributed by atoms with Gasteiger partial charge < -0.3 is 5.53 Å². The number of rotatable bonds is 8. The lowest BCUT2D eigenvalue weighted by Gasteiger charge is -2.16. The molecule has 0 aromatic heterocycles. The Bertz CT molecular complexity index is 505. The lowest BCUT2D eigenvalue weighted by Crippen LogP contribution is -2.41. The molecule has 0 aliphatic heterocycles. The molecule has 0 saturated heterocycles. The second-order valence-electron chi connectivity index (χ2n) is 5.00. The van der Waals surface area contributed by atoms with Crippen LogP contribution in [0.3, 0.4) is 0 Å². The van der Waals surface area contributed by atoms with Gasteiger partial charge in [-0.2, -0.15) is 4.79 Å². The Balaban J connectivity index is 2.64. The van der Waals surface area contributed by atoms with Gasteiger partial charge in [0.25, 0.3) is 5.78 Å². The van der Waals surface area contributed by atoms with E-state index in [4.69, 9.17) is 5.53 Å². The zero-order chi connectivity index (χ0) is 15.0. The topological polar surface area (TPSA) is 82.6 Å². The van der Waals surface area contributed by atoms with Crippen molar-refractivity contribution >= 4 is 17.8 Å². The summed E-state index contributed by atoms with van der Waals surface area (Å²) in [5.74, 6) is -0.120. The van der Waals surface area contributed by atoms with Crippen LogP contribution in [0.4, 0.5) is 0 Å². The molecule has 1 aromatic carbocycles. The van der Waals surface area contributed by atoms with Crippen LogP contribution < -0.4 is 5.32 Å². The van der Waals surface area contributed by atoms with Gasteiger partial charge in [0.1, 0.15) is 0 Å². The Morgan fingerprint density at radius 2 is 1.95 bits per heavy atom. The summed E-state index contributed by atoms with van der Waals surface area (Å²) >= 11 is 0. The first kappa shape index (κ1) is 16.0. The van der Waals surface area contributed by atoms with Gasteiger partial charge in [0.05, 0.1) is 12.6 Å². The van der Waals surface area contributed by atoms with Gasteiger partial charge >= 0.3 is 6.21 Å². The quantitative estimate of drug-likeness (QED) is 0.339. The van der Waals surface area contributed by atoms with Gasteiger partial charge in [0.2, 0.25) is 0 Å². The van der Waals surface area contributed by atoms with Crippen LogP contribution in [0.25, 0.3) is 5.53 Å². The molecule has 0 fully saturated rings. The Morgan fingerprint density at radius 1 is 1.30 bits per heavy atom. The van der Waals surface area contributed by atoms with Crippen LogP contribution in [0.15, 0.2) is 30.3 Å². The van der Waals surface area contributed by atoms with Crippen molar-refractivity contribution in [2.24, 2.45) is 5.92 Å². The minimum absolute atomic E-state index is 0.0758. The summed E-state index contributed by atoms with van der Waals surface area (Å²) in [5, 5.41) is 2.93. The maximum Gasteiger partial charge on any atom is 0.324 e. The molecule has 0 heterocycles. The van der Waals surface area contributed by atoms with Crippen molar-refractivity contribution in [3.63, 3.8) is 0 Å². The van der Waals surface area contributed by atoms with E-state index < -0.39 is 6.04 Å². The fourth-order valence-electron chi connectivity index (χ4n) is 1.86. The van der Waals surface area contributed by atoms with E-state index in [1.807, 2.05) is 19.9 Å². The average molecular weight is 273 g/mol. The number of nitrogens with zero attached hydrogens (tertiary/aromatic N) is 2. The lowest BCUT2D eigenvalue weighted by molar-refractivity contribution is -0.118. The molecule has 0 aliphatic rings. The molecule has 0 radical (unpaired) electrons. The molecule has 1 atom stereocenters. The van der Waals surface area contributed by atoms with Gasteiger partial charge in [0, 0.05) is 5.56 Å². The van der Waals surface area contributed by atoms with Crippen LogP contribution in [0, 0.1) is 5.92 Å². The molecule has 1 rings (SSSR count). The molecular weight excluding hydrogens is 254 g/mol. The average Bonchev–Trinajstić information content (AvgIpc) is 2.43. The molecule has 0 aliphatic carbocycles. The van der Waals surface area contributed by atoms with Crippen molar-refractivity contribution in [1.82, 2.24) is 5.32 Å². The third kappa shape index (κ3) is 5.26. The van der Waals surface area contributed by atoms with Gasteiger partial charge in [-0.3, -0.25) is 14.9 Å². The number of carbonyl (C=O) groups is 2. The van der Waals surface area contributed by atoms with Crippen molar-refractivity contribution in [3.05, 3.63) is 41.4 Å².